The van der Waals surface area contributed by atoms with Gasteiger partial charge >= 0.3 is 0 Å². The molecule has 2 atom stereocenters. The highest BCUT2D eigenvalue weighted by molar-refractivity contribution is 7.89. The number of hydrogen-bond acceptors (Lipinski definition) is 9. The van der Waals surface area contributed by atoms with E-state index in [9.17, 15) is 28.6 Å². The predicted octanol–water partition coefficient (Wildman–Crippen LogP) is 2.95. The summed E-state index contributed by atoms with van der Waals surface area (Å²) in [6.07, 6.45) is 3.25. The van der Waals surface area contributed by atoms with E-state index in [-0.39, 0.29) is 54.1 Å². The first-order valence-corrected chi connectivity index (χ1v) is 15.5. The van der Waals surface area contributed by atoms with Gasteiger partial charge in [0.25, 0.3) is 5.69 Å². The van der Waals surface area contributed by atoms with Crippen LogP contribution in [0.25, 0.3) is 0 Å². The molecule has 0 bridgehead atoms. The number of hydrogen-bond donors (Lipinski definition) is 0. The van der Waals surface area contributed by atoms with Gasteiger partial charge in [0.05, 0.1) is 33.8 Å². The number of benzene rings is 1. The highest BCUT2D eigenvalue weighted by Gasteiger charge is 2.40. The topological polar surface area (TPSA) is 150 Å². The van der Waals surface area contributed by atoms with Crippen LogP contribution in [0.3, 0.4) is 0 Å². The van der Waals surface area contributed by atoms with Crippen LogP contribution >= 0.6 is 0 Å². The van der Waals surface area contributed by atoms with Crippen molar-refractivity contribution < 1.29 is 22.9 Å². The van der Waals surface area contributed by atoms with Crippen LogP contribution in [-0.2, 0) is 19.6 Å². The molecule has 2 saturated heterocycles. The molecule has 1 amide bonds. The minimum Gasteiger partial charge on any atom is -0.371 e. The number of pyridine rings is 1. The quantitative estimate of drug-likeness (QED) is 0.356. The van der Waals surface area contributed by atoms with Gasteiger partial charge in [-0.25, -0.2) is 13.4 Å². The van der Waals surface area contributed by atoms with Gasteiger partial charge in [-0.3, -0.25) is 14.9 Å². The van der Waals surface area contributed by atoms with E-state index in [1.54, 1.807) is 6.07 Å². The number of sulfonamides is 1. The Labute approximate surface area is 238 Å². The van der Waals surface area contributed by atoms with Crippen LogP contribution in [0, 0.1) is 27.4 Å². The molecule has 6 rings (SSSR count). The lowest BCUT2D eigenvalue weighted by Gasteiger charge is -2.41. The van der Waals surface area contributed by atoms with Crippen molar-refractivity contribution in [2.45, 2.75) is 55.6 Å². The number of carbonyl (C=O) groups is 1. The maximum absolute atomic E-state index is 13.4. The Hall–Kier alpha value is -3.60. The molecule has 2 saturated carbocycles. The number of ether oxygens (including phenoxy) is 1. The van der Waals surface area contributed by atoms with Crippen molar-refractivity contribution in [2.75, 3.05) is 44.2 Å². The molecule has 216 valence electrons. The summed E-state index contributed by atoms with van der Waals surface area (Å²) in [5, 5.41) is 21.1. The molecule has 4 fully saturated rings. The van der Waals surface area contributed by atoms with Gasteiger partial charge in [-0.15, -0.1) is 0 Å². The summed E-state index contributed by atoms with van der Waals surface area (Å²) in [6, 6.07) is 8.95. The summed E-state index contributed by atoms with van der Waals surface area (Å²) < 4.78 is 34.2. The number of nitrogens with zero attached hydrogens (tertiary/aromatic N) is 6. The predicted molar refractivity (Wildman–Crippen MR) is 148 cm³/mol. The van der Waals surface area contributed by atoms with Gasteiger partial charge < -0.3 is 14.5 Å². The molecule has 1 aromatic carbocycles. The highest BCUT2D eigenvalue weighted by Crippen LogP contribution is 2.45. The average Bonchev–Trinajstić information content (AvgIpc) is 3.90. The minimum atomic E-state index is -3.92. The zero-order chi connectivity index (χ0) is 28.9. The molecule has 1 aromatic heterocycles. The van der Waals surface area contributed by atoms with Crippen molar-refractivity contribution >= 4 is 27.4 Å². The summed E-state index contributed by atoms with van der Waals surface area (Å²) in [6.45, 7) is 4.16. The Morgan fingerprint density at radius 3 is 2.46 bits per heavy atom. The lowest BCUT2D eigenvalue weighted by atomic mass is 10.0. The maximum atomic E-state index is 13.4. The molecule has 41 heavy (non-hydrogen) atoms. The number of carbonyl (C=O) groups excluding carboxylic acids is 1. The number of aromatic nitrogens is 1. The lowest BCUT2D eigenvalue weighted by Crippen LogP contribution is -2.55. The van der Waals surface area contributed by atoms with Crippen molar-refractivity contribution in [1.29, 1.82) is 5.26 Å². The van der Waals surface area contributed by atoms with E-state index in [2.05, 4.69) is 11.0 Å². The second-order valence-corrected chi connectivity index (χ2v) is 13.2. The van der Waals surface area contributed by atoms with Gasteiger partial charge in [0.1, 0.15) is 11.9 Å². The number of amides is 1. The number of nitro groups is 1. The number of non-ortho nitro benzene ring substituents is 1. The third-order valence-corrected chi connectivity index (χ3v) is 10.2. The van der Waals surface area contributed by atoms with E-state index >= 15 is 0 Å². The van der Waals surface area contributed by atoms with Gasteiger partial charge in [-0.2, -0.15) is 9.57 Å². The van der Waals surface area contributed by atoms with E-state index in [0.29, 0.717) is 31.0 Å². The summed E-state index contributed by atoms with van der Waals surface area (Å²) >= 11 is 0. The first-order valence-electron chi connectivity index (χ1n) is 14.0. The van der Waals surface area contributed by atoms with Crippen molar-refractivity contribution in [3.8, 4) is 6.07 Å². The zero-order valence-electron chi connectivity index (χ0n) is 22.8. The maximum Gasteiger partial charge on any atom is 0.269 e. The lowest BCUT2D eigenvalue weighted by molar-refractivity contribution is -0.384. The number of rotatable bonds is 7. The largest absolute Gasteiger partial charge is 0.371 e. The molecule has 4 aliphatic rings. The fourth-order valence-corrected chi connectivity index (χ4v) is 7.19. The molecule has 2 aliphatic carbocycles. The summed E-state index contributed by atoms with van der Waals surface area (Å²) in [4.78, 5) is 32.1. The molecule has 2 aromatic rings. The van der Waals surface area contributed by atoms with Crippen LogP contribution in [0.1, 0.15) is 61.4 Å². The third-order valence-electron chi connectivity index (χ3n) is 8.35. The van der Waals surface area contributed by atoms with Crippen LogP contribution in [-0.4, -0.2) is 78.8 Å². The summed E-state index contributed by atoms with van der Waals surface area (Å²) in [5.41, 5.74) is 1.78. The fraction of sp³-hybridized carbons (Fsp3) is 0.536. The van der Waals surface area contributed by atoms with E-state index in [1.807, 2.05) is 11.8 Å². The monoisotopic (exact) mass is 580 g/mol. The highest BCUT2D eigenvalue weighted by atomic mass is 32.2. The Bertz CT molecular complexity index is 1520. The molecule has 2 aliphatic heterocycles. The number of piperazine rings is 1. The number of anilines is 1. The number of nitro benzene ring substituents is 1. The van der Waals surface area contributed by atoms with Crippen LogP contribution in [0.2, 0.25) is 0 Å². The molecular formula is C28H32N6O6S. The molecule has 3 heterocycles. The first-order chi connectivity index (χ1) is 19.7. The number of morpholine rings is 1. The average molecular weight is 581 g/mol. The molecule has 13 heteroatoms. The second-order valence-electron chi connectivity index (χ2n) is 11.3. The van der Waals surface area contributed by atoms with Crippen molar-refractivity contribution in [2.24, 2.45) is 5.92 Å². The fourth-order valence-electron chi connectivity index (χ4n) is 5.76. The van der Waals surface area contributed by atoms with Crippen molar-refractivity contribution in [3.05, 3.63) is 57.3 Å². The molecule has 0 spiro atoms. The van der Waals surface area contributed by atoms with Gasteiger partial charge in [0.15, 0.2) is 0 Å². The van der Waals surface area contributed by atoms with Crippen LogP contribution < -0.4 is 4.90 Å². The molecule has 2 unspecified atom stereocenters. The van der Waals surface area contributed by atoms with E-state index in [1.165, 1.54) is 28.6 Å². The molecule has 12 nitrogen and oxygen atoms in total. The van der Waals surface area contributed by atoms with E-state index in [0.717, 1.165) is 36.9 Å². The standard InChI is InChI=1S/C28H32N6O6S/c1-18-16-31(10-11-33(18)28(35)20-4-5-20)27-21(15-29)14-24(26(30-27)19-2-3-19)25-17-32(12-13-40-25)41(38,39)23-8-6-22(7-9-23)34(36)37/h6-9,14,18-20,25H,2-5,10-13,16-17H2,1H3. The second kappa shape index (κ2) is 10.7. The van der Waals surface area contributed by atoms with Crippen LogP contribution in [0.15, 0.2) is 35.2 Å². The minimum absolute atomic E-state index is 0.00843. The summed E-state index contributed by atoms with van der Waals surface area (Å²) in [7, 11) is -3.92. The van der Waals surface area contributed by atoms with Crippen molar-refractivity contribution in [3.63, 3.8) is 0 Å². The molecular weight excluding hydrogens is 548 g/mol. The Balaban J connectivity index is 1.25. The normalized spacial score (nSPS) is 23.7. The first kappa shape index (κ1) is 27.6. The zero-order valence-corrected chi connectivity index (χ0v) is 23.6. The number of nitriles is 1. The SMILES string of the molecule is CC1CN(c2nc(C3CC3)c(C3CN(S(=O)(=O)c4ccc([N+](=O)[O-])cc4)CCO3)cc2C#N)CCN1C(=O)C1CC1. The van der Waals surface area contributed by atoms with Gasteiger partial charge in [0, 0.05) is 68.3 Å². The summed E-state index contributed by atoms with van der Waals surface area (Å²) in [5.74, 6) is 1.21. The van der Waals surface area contributed by atoms with Crippen molar-refractivity contribution in [1.82, 2.24) is 14.2 Å². The van der Waals surface area contributed by atoms with Crippen LogP contribution in [0.5, 0.6) is 0 Å². The molecule has 0 radical (unpaired) electrons. The van der Waals surface area contributed by atoms with Gasteiger partial charge in [-0.1, -0.05) is 0 Å². The smallest absolute Gasteiger partial charge is 0.269 e. The van der Waals surface area contributed by atoms with E-state index in [4.69, 9.17) is 9.72 Å². The Morgan fingerprint density at radius 2 is 1.85 bits per heavy atom. The van der Waals surface area contributed by atoms with Gasteiger partial charge in [0.2, 0.25) is 15.9 Å². The Kier molecular flexibility index (Phi) is 7.17. The Morgan fingerprint density at radius 1 is 1.12 bits per heavy atom. The molecule has 0 N–H and O–H groups in total. The van der Waals surface area contributed by atoms with Crippen LogP contribution in [0.4, 0.5) is 11.5 Å². The van der Waals surface area contributed by atoms with E-state index < -0.39 is 21.1 Å². The van der Waals surface area contributed by atoms with Gasteiger partial charge in [-0.05, 0) is 50.8 Å². The third kappa shape index (κ3) is 5.39.